The standard InChI is InChI=1S/C9H7N.C7H5NS.C2H6/c1-2-4-9-7-10-6-5-8(9)3-1;1-2-4-7-6(3-1)8-5-9-7;1-2/h1-7H;1-5H;1-2H3. The molecule has 0 aliphatic rings. The van der Waals surface area contributed by atoms with Gasteiger partial charge in [-0.1, -0.05) is 50.2 Å². The minimum Gasteiger partial charge on any atom is -0.264 e. The predicted octanol–water partition coefficient (Wildman–Crippen LogP) is 5.56. The molecule has 0 amide bonds. The Morgan fingerprint density at radius 3 is 2.29 bits per heavy atom. The molecule has 0 fully saturated rings. The van der Waals surface area contributed by atoms with Crippen molar-refractivity contribution >= 4 is 32.3 Å². The lowest BCUT2D eigenvalue weighted by Crippen LogP contribution is -1.71. The largest absolute Gasteiger partial charge is 0.264 e. The fraction of sp³-hybridized carbons (Fsp3) is 0.111. The Labute approximate surface area is 129 Å². The first-order valence-corrected chi connectivity index (χ1v) is 7.88. The summed E-state index contributed by atoms with van der Waals surface area (Å²) in [6.45, 7) is 4.00. The summed E-state index contributed by atoms with van der Waals surface area (Å²) in [6.07, 6.45) is 3.68. The van der Waals surface area contributed by atoms with E-state index in [2.05, 4.69) is 28.2 Å². The Morgan fingerprint density at radius 2 is 1.52 bits per heavy atom. The highest BCUT2D eigenvalue weighted by Gasteiger charge is 1.89. The number of hydrogen-bond donors (Lipinski definition) is 0. The molecule has 21 heavy (non-hydrogen) atoms. The van der Waals surface area contributed by atoms with Gasteiger partial charge in [0.2, 0.25) is 0 Å². The molecular weight excluding hydrogens is 276 g/mol. The van der Waals surface area contributed by atoms with Crippen LogP contribution in [-0.2, 0) is 0 Å². The molecule has 106 valence electrons. The molecule has 2 heterocycles. The van der Waals surface area contributed by atoms with E-state index in [-0.39, 0.29) is 0 Å². The lowest BCUT2D eigenvalue weighted by molar-refractivity contribution is 1.36. The summed E-state index contributed by atoms with van der Waals surface area (Å²) < 4.78 is 1.26. The molecule has 0 saturated carbocycles. The van der Waals surface area contributed by atoms with Gasteiger partial charge < -0.3 is 0 Å². The number of nitrogens with zero attached hydrogens (tertiary/aromatic N) is 2. The van der Waals surface area contributed by atoms with Gasteiger partial charge in [0, 0.05) is 12.4 Å². The van der Waals surface area contributed by atoms with Crippen LogP contribution in [0.5, 0.6) is 0 Å². The number of rotatable bonds is 0. The van der Waals surface area contributed by atoms with E-state index in [0.29, 0.717) is 0 Å². The van der Waals surface area contributed by atoms with E-state index in [9.17, 15) is 0 Å². The van der Waals surface area contributed by atoms with E-state index in [0.717, 1.165) is 5.52 Å². The molecule has 0 N–H and O–H groups in total. The Kier molecular flexibility index (Phi) is 5.85. The van der Waals surface area contributed by atoms with Gasteiger partial charge >= 0.3 is 0 Å². The second kappa shape index (κ2) is 8.12. The molecule has 4 aromatic rings. The van der Waals surface area contributed by atoms with E-state index in [4.69, 9.17) is 0 Å². The third-order valence-corrected chi connectivity index (χ3v) is 3.60. The average molecular weight is 294 g/mol. The smallest absolute Gasteiger partial charge is 0.0812 e. The Balaban J connectivity index is 0.000000138. The van der Waals surface area contributed by atoms with Crippen molar-refractivity contribution in [3.63, 3.8) is 0 Å². The number of para-hydroxylation sites is 1. The maximum atomic E-state index is 4.14. The maximum absolute atomic E-state index is 4.14. The van der Waals surface area contributed by atoms with Crippen LogP contribution in [0.1, 0.15) is 13.8 Å². The summed E-state index contributed by atoms with van der Waals surface area (Å²) in [7, 11) is 0. The Hall–Kier alpha value is -2.26. The Bertz CT molecular complexity index is 697. The summed E-state index contributed by atoms with van der Waals surface area (Å²) >= 11 is 1.68. The Morgan fingerprint density at radius 1 is 0.810 bits per heavy atom. The van der Waals surface area contributed by atoms with Gasteiger partial charge in [0.25, 0.3) is 0 Å². The first-order chi connectivity index (χ1) is 10.4. The molecule has 0 spiro atoms. The molecule has 0 unspecified atom stereocenters. The molecule has 0 atom stereocenters. The van der Waals surface area contributed by atoms with Gasteiger partial charge in [0.1, 0.15) is 0 Å². The summed E-state index contributed by atoms with van der Waals surface area (Å²) in [5.41, 5.74) is 2.97. The third-order valence-electron chi connectivity index (χ3n) is 2.79. The minimum atomic E-state index is 1.10. The minimum absolute atomic E-state index is 1.10. The normalized spacial score (nSPS) is 9.43. The molecule has 2 aromatic heterocycles. The second-order valence-corrected chi connectivity index (χ2v) is 4.93. The summed E-state index contributed by atoms with van der Waals surface area (Å²) in [6, 6.07) is 18.3. The molecule has 3 heteroatoms. The number of aromatic nitrogens is 2. The lowest BCUT2D eigenvalue weighted by Gasteiger charge is -1.91. The van der Waals surface area contributed by atoms with Gasteiger partial charge in [-0.05, 0) is 29.0 Å². The van der Waals surface area contributed by atoms with Crippen molar-refractivity contribution in [3.8, 4) is 0 Å². The zero-order valence-electron chi connectivity index (χ0n) is 12.2. The van der Waals surface area contributed by atoms with Gasteiger partial charge in [-0.15, -0.1) is 11.3 Å². The van der Waals surface area contributed by atoms with E-state index < -0.39 is 0 Å². The molecule has 0 aliphatic carbocycles. The molecule has 0 radical (unpaired) electrons. The number of thiazole rings is 1. The van der Waals surface area contributed by atoms with Crippen molar-refractivity contribution in [3.05, 3.63) is 72.5 Å². The highest BCUT2D eigenvalue weighted by atomic mass is 32.1. The highest BCUT2D eigenvalue weighted by molar-refractivity contribution is 7.16. The monoisotopic (exact) mass is 294 g/mol. The third kappa shape index (κ3) is 4.10. The van der Waals surface area contributed by atoms with Crippen LogP contribution in [0.4, 0.5) is 0 Å². The highest BCUT2D eigenvalue weighted by Crippen LogP contribution is 2.15. The molecule has 2 aromatic carbocycles. The van der Waals surface area contributed by atoms with E-state index >= 15 is 0 Å². The van der Waals surface area contributed by atoms with Gasteiger partial charge in [-0.2, -0.15) is 0 Å². The van der Waals surface area contributed by atoms with Crippen LogP contribution in [0.15, 0.2) is 72.5 Å². The molecule has 0 bridgehead atoms. The SMILES string of the molecule is CC.c1ccc2cnccc2c1.c1ccc2scnc2c1. The number of hydrogen-bond acceptors (Lipinski definition) is 3. The quantitative estimate of drug-likeness (QED) is 0.424. The maximum Gasteiger partial charge on any atom is 0.0812 e. The van der Waals surface area contributed by atoms with Gasteiger partial charge in [-0.3, -0.25) is 4.98 Å². The first kappa shape index (κ1) is 15.1. The summed E-state index contributed by atoms with van der Waals surface area (Å²) in [5, 5.41) is 2.45. The number of fused-ring (bicyclic) bond motifs is 2. The van der Waals surface area contributed by atoms with Crippen LogP contribution in [0.3, 0.4) is 0 Å². The fourth-order valence-corrected chi connectivity index (χ4v) is 2.51. The molecule has 2 nitrogen and oxygen atoms in total. The van der Waals surface area contributed by atoms with E-state index in [1.165, 1.54) is 15.5 Å². The zero-order chi connectivity index (χ0) is 14.9. The number of benzene rings is 2. The molecule has 0 aliphatic heterocycles. The van der Waals surface area contributed by atoms with Crippen LogP contribution < -0.4 is 0 Å². The van der Waals surface area contributed by atoms with Crippen molar-refractivity contribution in [1.29, 1.82) is 0 Å². The van der Waals surface area contributed by atoms with Gasteiger partial charge in [-0.25, -0.2) is 4.98 Å². The van der Waals surface area contributed by atoms with Crippen molar-refractivity contribution < 1.29 is 0 Å². The van der Waals surface area contributed by atoms with E-state index in [1.807, 2.05) is 68.1 Å². The fourth-order valence-electron chi connectivity index (χ4n) is 1.83. The second-order valence-electron chi connectivity index (χ2n) is 4.04. The molecule has 4 rings (SSSR count). The topological polar surface area (TPSA) is 25.8 Å². The van der Waals surface area contributed by atoms with Crippen molar-refractivity contribution in [2.75, 3.05) is 0 Å². The van der Waals surface area contributed by atoms with Gasteiger partial charge in [0.05, 0.1) is 15.7 Å². The van der Waals surface area contributed by atoms with Crippen molar-refractivity contribution in [1.82, 2.24) is 9.97 Å². The van der Waals surface area contributed by atoms with Gasteiger partial charge in [0.15, 0.2) is 0 Å². The summed E-state index contributed by atoms with van der Waals surface area (Å²) in [5.74, 6) is 0. The summed E-state index contributed by atoms with van der Waals surface area (Å²) in [4.78, 5) is 8.15. The first-order valence-electron chi connectivity index (χ1n) is 7.00. The molecule has 0 saturated heterocycles. The zero-order valence-corrected chi connectivity index (χ0v) is 13.0. The van der Waals surface area contributed by atoms with Crippen LogP contribution in [-0.4, -0.2) is 9.97 Å². The molecular formula is C18H18N2S. The predicted molar refractivity (Wildman–Crippen MR) is 92.7 cm³/mol. The average Bonchev–Trinajstić information content (AvgIpc) is 3.06. The van der Waals surface area contributed by atoms with Crippen molar-refractivity contribution in [2.45, 2.75) is 13.8 Å². The van der Waals surface area contributed by atoms with Crippen LogP contribution in [0.2, 0.25) is 0 Å². The number of pyridine rings is 1. The lowest BCUT2D eigenvalue weighted by atomic mass is 10.2. The van der Waals surface area contributed by atoms with Crippen LogP contribution >= 0.6 is 11.3 Å². The van der Waals surface area contributed by atoms with E-state index in [1.54, 1.807) is 11.3 Å². The van der Waals surface area contributed by atoms with Crippen LogP contribution in [0, 0.1) is 0 Å². The van der Waals surface area contributed by atoms with Crippen LogP contribution in [0.25, 0.3) is 21.0 Å². The van der Waals surface area contributed by atoms with Crippen molar-refractivity contribution in [2.24, 2.45) is 0 Å².